The molecular formula is C49H60ClF3N4O7. The number of ether oxygens (including phenoxy) is 3. The van der Waals surface area contributed by atoms with Crippen LogP contribution in [0.4, 0.5) is 23.7 Å². The number of amides is 3. The van der Waals surface area contributed by atoms with Crippen molar-refractivity contribution in [3.05, 3.63) is 87.7 Å². The summed E-state index contributed by atoms with van der Waals surface area (Å²) in [5.41, 5.74) is 1.14. The molecule has 3 aliphatic carbocycles. The fourth-order valence-corrected chi connectivity index (χ4v) is 11.1. The number of hydrogen-bond acceptors (Lipinski definition) is 8. The first-order chi connectivity index (χ1) is 30.2. The molecule has 346 valence electrons. The molecule has 1 spiro atoms. The molecule has 64 heavy (non-hydrogen) atoms. The summed E-state index contributed by atoms with van der Waals surface area (Å²) in [5.74, 6) is -2.16. The van der Waals surface area contributed by atoms with E-state index in [0.29, 0.717) is 55.5 Å². The summed E-state index contributed by atoms with van der Waals surface area (Å²) in [6.45, 7) is 13.0. The molecule has 3 aromatic rings. The van der Waals surface area contributed by atoms with Crippen molar-refractivity contribution in [2.45, 2.75) is 134 Å². The Kier molecular flexibility index (Phi) is 13.4. The number of carbonyl (C=O) groups excluding carboxylic acids is 4. The molecule has 0 N–H and O–H groups in total. The van der Waals surface area contributed by atoms with Gasteiger partial charge < -0.3 is 24.0 Å². The summed E-state index contributed by atoms with van der Waals surface area (Å²) >= 11 is 6.28. The highest BCUT2D eigenvalue weighted by molar-refractivity contribution is 6.31. The van der Waals surface area contributed by atoms with Crippen molar-refractivity contribution in [1.82, 2.24) is 14.8 Å². The van der Waals surface area contributed by atoms with E-state index < -0.39 is 40.7 Å². The van der Waals surface area contributed by atoms with Gasteiger partial charge >= 0.3 is 24.1 Å². The smallest absolute Gasteiger partial charge is 0.471 e. The topological polar surface area (TPSA) is 119 Å². The minimum atomic E-state index is -5.31. The molecule has 4 aliphatic rings. The Morgan fingerprint density at radius 2 is 1.73 bits per heavy atom. The van der Waals surface area contributed by atoms with Gasteiger partial charge in [0.1, 0.15) is 16.9 Å². The van der Waals surface area contributed by atoms with Crippen LogP contribution in [-0.4, -0.2) is 95.4 Å². The number of benzene rings is 2. The van der Waals surface area contributed by atoms with E-state index in [1.54, 1.807) is 16.0 Å². The lowest BCUT2D eigenvalue weighted by Crippen LogP contribution is -2.63. The summed E-state index contributed by atoms with van der Waals surface area (Å²) in [5, 5.41) is 0.102. The molecule has 1 aromatic heterocycles. The number of aromatic nitrogens is 1. The number of alkyl halides is 3. The lowest BCUT2D eigenvalue weighted by atomic mass is 9.59. The number of anilines is 1. The molecule has 1 saturated carbocycles. The molecule has 7 rings (SSSR count). The van der Waals surface area contributed by atoms with Gasteiger partial charge in [-0.25, -0.2) is 9.59 Å². The largest absolute Gasteiger partial charge is 0.493 e. The number of hydrogen-bond donors (Lipinski definition) is 0. The standard InChI is InChI=1S/C49H60ClF3N4O7/c1-30(29-63-40-16-21-54-39-13-8-10-31(2)41(39)40)24-35-25-33-14-15-34(42(58)56-23-22-55(28-32(56)3)45(61)64-46(4,5)6)26-38(33)47(35)17-19-48(20-18-47,44(60)62-7)57(43(59)49(51,52)53)37-12-9-11-36(50)27-37/h9,11-12,14-16,21,26-27,30-32,35H,8,10,13,17-20,22-25,28-29H2,1-7H3/t30-,31-,32+,35+,47?,48?/m1/s1. The molecule has 0 radical (unpaired) electrons. The second-order valence-electron chi connectivity index (χ2n) is 19.5. The van der Waals surface area contributed by atoms with E-state index in [2.05, 4.69) is 18.8 Å². The zero-order valence-electron chi connectivity index (χ0n) is 37.9. The average Bonchev–Trinajstić information content (AvgIpc) is 3.53. The average molecular weight is 909 g/mol. The summed E-state index contributed by atoms with van der Waals surface area (Å²) in [6.07, 6.45) is 0.626. The van der Waals surface area contributed by atoms with E-state index >= 15 is 0 Å². The van der Waals surface area contributed by atoms with Crippen LogP contribution in [0.1, 0.15) is 125 Å². The number of carbonyl (C=O) groups is 4. The lowest BCUT2D eigenvalue weighted by molar-refractivity contribution is -0.174. The number of piperazine rings is 1. The Labute approximate surface area is 378 Å². The van der Waals surface area contributed by atoms with E-state index in [0.717, 1.165) is 54.5 Å². The fraction of sp³-hybridized carbons (Fsp3) is 0.571. The van der Waals surface area contributed by atoms with Crippen LogP contribution >= 0.6 is 11.6 Å². The van der Waals surface area contributed by atoms with Crippen LogP contribution in [0.15, 0.2) is 54.7 Å². The Morgan fingerprint density at radius 1 is 1.00 bits per heavy atom. The van der Waals surface area contributed by atoms with E-state index in [1.165, 1.54) is 24.3 Å². The Hall–Kier alpha value is -4.85. The summed E-state index contributed by atoms with van der Waals surface area (Å²) < 4.78 is 61.1. The zero-order chi connectivity index (χ0) is 46.4. The van der Waals surface area contributed by atoms with Crippen LogP contribution in [0.5, 0.6) is 5.75 Å². The summed E-state index contributed by atoms with van der Waals surface area (Å²) in [4.78, 5) is 63.4. The second kappa shape index (κ2) is 18.2. The SMILES string of the molecule is COC(=O)C1(N(C(=O)C(F)(F)F)c2cccc(Cl)c2)CCC2(CC1)c1cc(C(=O)N3CCN(C(=O)OC(C)(C)C)C[C@@H]3C)ccc1C[C@@H]2C[C@@H](C)COc1ccnc2c1[C@H](C)CCC2. The highest BCUT2D eigenvalue weighted by Crippen LogP contribution is 2.58. The number of esters is 1. The quantitative estimate of drug-likeness (QED) is 0.195. The predicted molar refractivity (Wildman–Crippen MR) is 237 cm³/mol. The van der Waals surface area contributed by atoms with E-state index in [4.69, 9.17) is 25.8 Å². The minimum Gasteiger partial charge on any atom is -0.493 e. The monoisotopic (exact) mass is 908 g/mol. The molecule has 2 fully saturated rings. The first-order valence-electron chi connectivity index (χ1n) is 22.5. The number of fused-ring (bicyclic) bond motifs is 3. The third kappa shape index (κ3) is 9.31. The molecule has 11 nitrogen and oxygen atoms in total. The van der Waals surface area contributed by atoms with Gasteiger partial charge in [0, 0.05) is 59.4 Å². The number of nitrogens with zero attached hydrogens (tertiary/aromatic N) is 4. The molecular weight excluding hydrogens is 849 g/mol. The lowest BCUT2D eigenvalue weighted by Gasteiger charge is -2.51. The van der Waals surface area contributed by atoms with Crippen LogP contribution < -0.4 is 9.64 Å². The van der Waals surface area contributed by atoms with Gasteiger partial charge in [-0.05, 0) is 156 Å². The van der Waals surface area contributed by atoms with Crippen molar-refractivity contribution < 1.29 is 46.6 Å². The number of methoxy groups -OCH3 is 1. The van der Waals surface area contributed by atoms with Crippen molar-refractivity contribution in [3.63, 3.8) is 0 Å². The molecule has 2 heterocycles. The molecule has 1 aliphatic heterocycles. The molecule has 4 atom stereocenters. The normalized spacial score (nSPS) is 25.0. The molecule has 1 saturated heterocycles. The van der Waals surface area contributed by atoms with Crippen molar-refractivity contribution in [2.24, 2.45) is 11.8 Å². The molecule has 0 bridgehead atoms. The molecule has 3 amide bonds. The van der Waals surface area contributed by atoms with E-state index in [9.17, 15) is 32.3 Å². The zero-order valence-corrected chi connectivity index (χ0v) is 38.6. The third-order valence-electron chi connectivity index (χ3n) is 13.9. The van der Waals surface area contributed by atoms with Crippen LogP contribution in [0.25, 0.3) is 0 Å². The maximum Gasteiger partial charge on any atom is 0.471 e. The van der Waals surface area contributed by atoms with Gasteiger partial charge in [0.25, 0.3) is 5.91 Å². The highest BCUT2D eigenvalue weighted by Gasteiger charge is 2.60. The van der Waals surface area contributed by atoms with E-state index in [1.807, 2.05) is 52.0 Å². The summed E-state index contributed by atoms with van der Waals surface area (Å²) in [7, 11) is 1.12. The minimum absolute atomic E-state index is 0.0402. The fourth-order valence-electron chi connectivity index (χ4n) is 10.9. The Balaban J connectivity index is 1.21. The third-order valence-corrected chi connectivity index (χ3v) is 14.2. The van der Waals surface area contributed by atoms with Gasteiger partial charge in [-0.2, -0.15) is 13.2 Å². The van der Waals surface area contributed by atoms with Gasteiger partial charge in [0.2, 0.25) is 0 Å². The van der Waals surface area contributed by atoms with Gasteiger partial charge in [0.05, 0.1) is 13.7 Å². The van der Waals surface area contributed by atoms with Crippen molar-refractivity contribution in [2.75, 3.05) is 38.3 Å². The summed E-state index contributed by atoms with van der Waals surface area (Å²) in [6, 6.07) is 12.9. The first kappa shape index (κ1) is 47.1. The van der Waals surface area contributed by atoms with Crippen molar-refractivity contribution in [1.29, 1.82) is 0 Å². The van der Waals surface area contributed by atoms with Gasteiger partial charge in [-0.3, -0.25) is 19.5 Å². The van der Waals surface area contributed by atoms with Gasteiger partial charge in [-0.1, -0.05) is 37.6 Å². The van der Waals surface area contributed by atoms with Crippen LogP contribution in [0.2, 0.25) is 5.02 Å². The Bertz CT molecular complexity index is 2250. The number of halogens is 4. The Morgan fingerprint density at radius 3 is 2.39 bits per heavy atom. The second-order valence-corrected chi connectivity index (χ2v) is 19.9. The maximum absolute atomic E-state index is 14.6. The predicted octanol–water partition coefficient (Wildman–Crippen LogP) is 9.85. The molecule has 0 unspecified atom stereocenters. The number of pyridine rings is 1. The molecule has 2 aromatic carbocycles. The number of aryl methyl sites for hydroxylation is 1. The van der Waals surface area contributed by atoms with Crippen LogP contribution in [0.3, 0.4) is 0 Å². The van der Waals surface area contributed by atoms with E-state index in [-0.39, 0.29) is 60.2 Å². The maximum atomic E-state index is 14.6. The van der Waals surface area contributed by atoms with Gasteiger partial charge in [-0.15, -0.1) is 0 Å². The van der Waals surface area contributed by atoms with Gasteiger partial charge in [0.15, 0.2) is 0 Å². The first-order valence-corrected chi connectivity index (χ1v) is 22.8. The molecule has 15 heteroatoms. The highest BCUT2D eigenvalue weighted by atomic mass is 35.5. The van der Waals surface area contributed by atoms with Crippen LogP contribution in [0, 0.1) is 11.8 Å². The number of rotatable bonds is 9. The van der Waals surface area contributed by atoms with Crippen molar-refractivity contribution in [3.8, 4) is 5.75 Å². The van der Waals surface area contributed by atoms with Crippen molar-refractivity contribution >= 4 is 41.2 Å². The van der Waals surface area contributed by atoms with Crippen LogP contribution in [-0.2, 0) is 37.3 Å².